The minimum atomic E-state index is -0.00153. The molecule has 1 aliphatic rings. The zero-order valence-corrected chi connectivity index (χ0v) is 12.5. The van der Waals surface area contributed by atoms with Gasteiger partial charge in [0.2, 0.25) is 0 Å². The topological polar surface area (TPSA) is 46.3 Å². The van der Waals surface area contributed by atoms with Crippen LogP contribution in [0.25, 0.3) is 10.6 Å². The van der Waals surface area contributed by atoms with Crippen LogP contribution in [0.2, 0.25) is 0 Å². The summed E-state index contributed by atoms with van der Waals surface area (Å²) in [5.41, 5.74) is 0.444. The van der Waals surface area contributed by atoms with Crippen LogP contribution < -0.4 is 0 Å². The summed E-state index contributed by atoms with van der Waals surface area (Å²) in [6, 6.07) is 4.21. The number of nitrogens with zero attached hydrogens (tertiary/aromatic N) is 2. The largest absolute Gasteiger partial charge is 0.442 e. The van der Waals surface area contributed by atoms with Gasteiger partial charge in [-0.1, -0.05) is 19.9 Å². The second-order valence-corrected chi connectivity index (χ2v) is 6.41. The highest BCUT2D eigenvalue weighted by Crippen LogP contribution is 2.31. The second kappa shape index (κ2) is 5.40. The first kappa shape index (κ1) is 13.4. The Hall–Kier alpha value is -1.62. The van der Waals surface area contributed by atoms with Crippen molar-refractivity contribution in [2.24, 2.45) is 5.92 Å². The van der Waals surface area contributed by atoms with Crippen LogP contribution in [0.1, 0.15) is 37.2 Å². The Morgan fingerprint density at radius 1 is 1.55 bits per heavy atom. The van der Waals surface area contributed by atoms with Gasteiger partial charge in [-0.25, -0.2) is 4.98 Å². The van der Waals surface area contributed by atoms with Crippen molar-refractivity contribution in [2.75, 3.05) is 6.54 Å². The third kappa shape index (κ3) is 2.26. The van der Waals surface area contributed by atoms with Crippen LogP contribution in [-0.2, 0) is 0 Å². The Labute approximate surface area is 122 Å². The van der Waals surface area contributed by atoms with Crippen molar-refractivity contribution in [3.8, 4) is 10.6 Å². The molecule has 3 rings (SSSR count). The number of rotatable bonds is 3. The molecule has 0 aliphatic carbocycles. The molecule has 1 saturated heterocycles. The summed E-state index contributed by atoms with van der Waals surface area (Å²) in [4.78, 5) is 19.8. The molecular formula is C15H18N2O2S. The Balaban J connectivity index is 1.90. The summed E-state index contributed by atoms with van der Waals surface area (Å²) < 4.78 is 5.44. The lowest BCUT2D eigenvalue weighted by Crippen LogP contribution is -2.38. The highest BCUT2D eigenvalue weighted by atomic mass is 32.1. The standard InChI is InChI=1S/C15H18N2O2S/c1-10(2)11-5-3-7-17(11)15(18)13-14(19-9-16-13)12-6-4-8-20-12/h4,6,8-11H,3,5,7H2,1-2H3. The highest BCUT2D eigenvalue weighted by molar-refractivity contribution is 7.13. The summed E-state index contributed by atoms with van der Waals surface area (Å²) in [5.74, 6) is 1.07. The number of amides is 1. The number of oxazole rings is 1. The minimum absolute atomic E-state index is 0.00153. The molecule has 0 spiro atoms. The molecule has 0 N–H and O–H groups in total. The number of hydrogen-bond donors (Lipinski definition) is 0. The number of carbonyl (C=O) groups excluding carboxylic acids is 1. The van der Waals surface area contributed by atoms with E-state index in [-0.39, 0.29) is 5.91 Å². The molecule has 5 heteroatoms. The van der Waals surface area contributed by atoms with Crippen molar-refractivity contribution in [3.05, 3.63) is 29.6 Å². The van der Waals surface area contributed by atoms with E-state index in [1.807, 2.05) is 22.4 Å². The Morgan fingerprint density at radius 2 is 2.40 bits per heavy atom. The van der Waals surface area contributed by atoms with Crippen molar-refractivity contribution >= 4 is 17.2 Å². The molecular weight excluding hydrogens is 272 g/mol. The van der Waals surface area contributed by atoms with Crippen molar-refractivity contribution < 1.29 is 9.21 Å². The van der Waals surface area contributed by atoms with Crippen LogP contribution >= 0.6 is 11.3 Å². The van der Waals surface area contributed by atoms with E-state index in [1.54, 1.807) is 11.3 Å². The summed E-state index contributed by atoms with van der Waals surface area (Å²) >= 11 is 1.56. The molecule has 1 amide bonds. The van der Waals surface area contributed by atoms with Gasteiger partial charge in [-0.05, 0) is 30.2 Å². The van der Waals surface area contributed by atoms with Gasteiger partial charge in [-0.15, -0.1) is 11.3 Å². The van der Waals surface area contributed by atoms with Gasteiger partial charge in [0.1, 0.15) is 0 Å². The zero-order chi connectivity index (χ0) is 14.1. The smallest absolute Gasteiger partial charge is 0.276 e. The van der Waals surface area contributed by atoms with E-state index in [2.05, 4.69) is 18.8 Å². The molecule has 2 aromatic heterocycles. The second-order valence-electron chi connectivity index (χ2n) is 5.46. The van der Waals surface area contributed by atoms with Crippen LogP contribution in [-0.4, -0.2) is 28.4 Å². The van der Waals surface area contributed by atoms with Crippen molar-refractivity contribution in [2.45, 2.75) is 32.7 Å². The van der Waals surface area contributed by atoms with Crippen LogP contribution in [0, 0.1) is 5.92 Å². The molecule has 106 valence electrons. The average molecular weight is 290 g/mol. The molecule has 1 fully saturated rings. The average Bonchev–Trinajstić information content (AvgIpc) is 3.17. The fourth-order valence-electron chi connectivity index (χ4n) is 2.85. The van der Waals surface area contributed by atoms with E-state index in [4.69, 9.17) is 4.42 Å². The maximum absolute atomic E-state index is 12.7. The fourth-order valence-corrected chi connectivity index (χ4v) is 3.57. The third-order valence-corrected chi connectivity index (χ3v) is 4.71. The molecule has 0 aromatic carbocycles. The summed E-state index contributed by atoms with van der Waals surface area (Å²) in [5, 5.41) is 1.97. The van der Waals surface area contributed by atoms with E-state index in [0.29, 0.717) is 23.4 Å². The summed E-state index contributed by atoms with van der Waals surface area (Å²) in [6.45, 7) is 5.15. The first-order chi connectivity index (χ1) is 9.68. The van der Waals surface area contributed by atoms with Crippen molar-refractivity contribution in [3.63, 3.8) is 0 Å². The predicted molar refractivity (Wildman–Crippen MR) is 78.7 cm³/mol. The fraction of sp³-hybridized carbons (Fsp3) is 0.467. The molecule has 3 heterocycles. The van der Waals surface area contributed by atoms with Crippen LogP contribution in [0.4, 0.5) is 0 Å². The first-order valence-electron chi connectivity index (χ1n) is 6.97. The van der Waals surface area contributed by atoms with Crippen LogP contribution in [0.5, 0.6) is 0 Å². The third-order valence-electron chi connectivity index (χ3n) is 3.84. The van der Waals surface area contributed by atoms with Gasteiger partial charge in [-0.3, -0.25) is 4.79 Å². The van der Waals surface area contributed by atoms with Gasteiger partial charge in [0, 0.05) is 12.6 Å². The SMILES string of the molecule is CC(C)C1CCCN1C(=O)c1ncoc1-c1cccs1. The van der Waals surface area contributed by atoms with E-state index in [0.717, 1.165) is 24.3 Å². The van der Waals surface area contributed by atoms with Gasteiger partial charge in [0.15, 0.2) is 17.8 Å². The van der Waals surface area contributed by atoms with E-state index in [9.17, 15) is 4.79 Å². The Bertz CT molecular complexity index is 589. The summed E-state index contributed by atoms with van der Waals surface area (Å²) in [6.07, 6.45) is 3.51. The molecule has 1 unspecified atom stereocenters. The molecule has 1 aliphatic heterocycles. The maximum atomic E-state index is 12.7. The molecule has 0 saturated carbocycles. The summed E-state index contributed by atoms with van der Waals surface area (Å²) in [7, 11) is 0. The lowest BCUT2D eigenvalue weighted by atomic mass is 10.0. The number of thiophene rings is 1. The molecule has 2 aromatic rings. The van der Waals surface area contributed by atoms with Gasteiger partial charge < -0.3 is 9.32 Å². The van der Waals surface area contributed by atoms with Gasteiger partial charge in [-0.2, -0.15) is 0 Å². The molecule has 20 heavy (non-hydrogen) atoms. The van der Waals surface area contributed by atoms with Crippen molar-refractivity contribution in [1.82, 2.24) is 9.88 Å². The first-order valence-corrected chi connectivity index (χ1v) is 7.84. The van der Waals surface area contributed by atoms with E-state index >= 15 is 0 Å². The Morgan fingerprint density at radius 3 is 3.10 bits per heavy atom. The lowest BCUT2D eigenvalue weighted by molar-refractivity contribution is 0.0696. The van der Waals surface area contributed by atoms with Gasteiger partial charge in [0.25, 0.3) is 5.91 Å². The van der Waals surface area contributed by atoms with Crippen LogP contribution in [0.15, 0.2) is 28.3 Å². The normalized spacial score (nSPS) is 18.9. The number of carbonyl (C=O) groups is 1. The quantitative estimate of drug-likeness (QED) is 0.866. The molecule has 1 atom stereocenters. The van der Waals surface area contributed by atoms with Crippen molar-refractivity contribution in [1.29, 1.82) is 0 Å². The van der Waals surface area contributed by atoms with Gasteiger partial charge >= 0.3 is 0 Å². The maximum Gasteiger partial charge on any atom is 0.276 e. The number of likely N-dealkylation sites (tertiary alicyclic amines) is 1. The van der Waals surface area contributed by atoms with Gasteiger partial charge in [0.05, 0.1) is 4.88 Å². The molecule has 0 radical (unpaired) electrons. The Kier molecular flexibility index (Phi) is 3.61. The molecule has 4 nitrogen and oxygen atoms in total. The molecule has 0 bridgehead atoms. The van der Waals surface area contributed by atoms with E-state index < -0.39 is 0 Å². The van der Waals surface area contributed by atoms with E-state index in [1.165, 1.54) is 6.39 Å². The number of aromatic nitrogens is 1. The number of hydrogen-bond acceptors (Lipinski definition) is 4. The predicted octanol–water partition coefficient (Wildman–Crippen LogP) is 3.66. The monoisotopic (exact) mass is 290 g/mol. The zero-order valence-electron chi connectivity index (χ0n) is 11.7. The lowest BCUT2D eigenvalue weighted by Gasteiger charge is -2.27. The highest BCUT2D eigenvalue weighted by Gasteiger charge is 2.34. The minimum Gasteiger partial charge on any atom is -0.442 e. The van der Waals surface area contributed by atoms with Crippen LogP contribution in [0.3, 0.4) is 0 Å².